The topological polar surface area (TPSA) is 63.5 Å². The van der Waals surface area contributed by atoms with E-state index in [9.17, 15) is 4.79 Å². The Balaban J connectivity index is 1.93. The maximum Gasteiger partial charge on any atom is 0.293 e. The molecule has 24 heavy (non-hydrogen) atoms. The largest absolute Gasteiger partial charge is 0.497 e. The zero-order valence-corrected chi connectivity index (χ0v) is 13.9. The summed E-state index contributed by atoms with van der Waals surface area (Å²) in [6.45, 7) is 4.04. The van der Waals surface area contributed by atoms with Crippen molar-refractivity contribution in [2.45, 2.75) is 19.9 Å². The van der Waals surface area contributed by atoms with Crippen LogP contribution >= 0.6 is 0 Å². The van der Waals surface area contributed by atoms with E-state index >= 15 is 0 Å². The van der Waals surface area contributed by atoms with Crippen molar-refractivity contribution in [1.82, 2.24) is 0 Å². The lowest BCUT2D eigenvalue weighted by Gasteiger charge is -2.11. The summed E-state index contributed by atoms with van der Waals surface area (Å²) in [6.07, 6.45) is 0. The second-order valence-electron chi connectivity index (χ2n) is 5.78. The number of nitrogens with one attached hydrogen (secondary N) is 2. The van der Waals surface area contributed by atoms with Gasteiger partial charge in [0.15, 0.2) is 0 Å². The van der Waals surface area contributed by atoms with Gasteiger partial charge >= 0.3 is 0 Å². The van der Waals surface area contributed by atoms with E-state index in [-0.39, 0.29) is 17.7 Å². The number of hydrogen-bond acceptors (Lipinski definition) is 4. The summed E-state index contributed by atoms with van der Waals surface area (Å²) in [7, 11) is 1.60. The Hall–Kier alpha value is -2.95. The lowest BCUT2D eigenvalue weighted by atomic mass is 10.2. The summed E-state index contributed by atoms with van der Waals surface area (Å²) in [6, 6.07) is 14.9. The van der Waals surface area contributed by atoms with E-state index in [1.807, 2.05) is 38.1 Å². The average molecular weight is 324 g/mol. The summed E-state index contributed by atoms with van der Waals surface area (Å²) in [5, 5.41) is 7.06. The van der Waals surface area contributed by atoms with Crippen molar-refractivity contribution in [3.8, 4) is 5.75 Å². The Morgan fingerprint density at radius 2 is 1.79 bits per heavy atom. The van der Waals surface area contributed by atoms with Gasteiger partial charge in [0.05, 0.1) is 12.8 Å². The molecule has 5 nitrogen and oxygen atoms in total. The van der Waals surface area contributed by atoms with Crippen LogP contribution in [0.4, 0.5) is 11.4 Å². The number of ether oxygens (including phenoxy) is 1. The Bertz CT molecular complexity index is 851. The molecule has 3 rings (SSSR count). The molecular weight excluding hydrogens is 304 g/mol. The third-order valence-corrected chi connectivity index (χ3v) is 3.58. The van der Waals surface area contributed by atoms with E-state index in [1.54, 1.807) is 31.4 Å². The lowest BCUT2D eigenvalue weighted by Crippen LogP contribution is -2.16. The lowest BCUT2D eigenvalue weighted by molar-refractivity contribution is 0.0999. The zero-order valence-electron chi connectivity index (χ0n) is 13.9. The molecule has 0 fully saturated rings. The first-order valence-corrected chi connectivity index (χ1v) is 7.82. The number of methoxy groups -OCH3 is 1. The van der Waals surface area contributed by atoms with Crippen molar-refractivity contribution in [3.63, 3.8) is 0 Å². The molecule has 0 aliphatic carbocycles. The summed E-state index contributed by atoms with van der Waals surface area (Å²) in [4.78, 5) is 12.7. The zero-order chi connectivity index (χ0) is 17.1. The first kappa shape index (κ1) is 15.9. The normalized spacial score (nSPS) is 10.8. The van der Waals surface area contributed by atoms with Crippen LogP contribution in [0.1, 0.15) is 24.4 Å². The van der Waals surface area contributed by atoms with Crippen LogP contribution < -0.4 is 15.4 Å². The van der Waals surface area contributed by atoms with Crippen molar-refractivity contribution >= 4 is 28.3 Å². The molecule has 0 spiro atoms. The standard InChI is InChI=1S/C19H20N2O3/c1-12(2)20-17-15-6-4-5-7-16(15)24-18(17)19(22)21-13-8-10-14(23-3)11-9-13/h4-12,20H,1-3H3,(H,21,22). The third-order valence-electron chi connectivity index (χ3n) is 3.58. The molecule has 2 N–H and O–H groups in total. The van der Waals surface area contributed by atoms with Gasteiger partial charge in [-0.15, -0.1) is 0 Å². The van der Waals surface area contributed by atoms with E-state index in [2.05, 4.69) is 10.6 Å². The summed E-state index contributed by atoms with van der Waals surface area (Å²) in [5.41, 5.74) is 2.07. The fourth-order valence-corrected chi connectivity index (χ4v) is 2.50. The maximum atomic E-state index is 12.7. The number of amides is 1. The number of rotatable bonds is 5. The van der Waals surface area contributed by atoms with E-state index in [1.165, 1.54) is 0 Å². The number of benzene rings is 2. The summed E-state index contributed by atoms with van der Waals surface area (Å²) >= 11 is 0. The highest BCUT2D eigenvalue weighted by atomic mass is 16.5. The van der Waals surface area contributed by atoms with Gasteiger partial charge in [0.1, 0.15) is 11.3 Å². The number of hydrogen-bond donors (Lipinski definition) is 2. The predicted molar refractivity (Wildman–Crippen MR) is 95.9 cm³/mol. The molecule has 0 saturated heterocycles. The van der Waals surface area contributed by atoms with Crippen LogP contribution in [0.3, 0.4) is 0 Å². The Morgan fingerprint density at radius 3 is 2.46 bits per heavy atom. The molecule has 0 radical (unpaired) electrons. The van der Waals surface area contributed by atoms with Crippen LogP contribution in [0, 0.1) is 0 Å². The van der Waals surface area contributed by atoms with Crippen molar-refractivity contribution in [3.05, 3.63) is 54.3 Å². The van der Waals surface area contributed by atoms with Crippen molar-refractivity contribution in [2.75, 3.05) is 17.7 Å². The minimum absolute atomic E-state index is 0.179. The highest BCUT2D eigenvalue weighted by Crippen LogP contribution is 2.32. The molecule has 3 aromatic rings. The maximum absolute atomic E-state index is 12.7. The molecule has 2 aromatic carbocycles. The van der Waals surface area contributed by atoms with E-state index in [4.69, 9.17) is 9.15 Å². The molecule has 1 heterocycles. The van der Waals surface area contributed by atoms with Crippen LogP contribution in [-0.2, 0) is 0 Å². The highest BCUT2D eigenvalue weighted by molar-refractivity contribution is 6.11. The van der Waals surface area contributed by atoms with E-state index in [0.29, 0.717) is 17.0 Å². The second kappa shape index (κ2) is 6.66. The van der Waals surface area contributed by atoms with Crippen molar-refractivity contribution in [1.29, 1.82) is 0 Å². The summed E-state index contributed by atoms with van der Waals surface area (Å²) < 4.78 is 10.9. The van der Waals surface area contributed by atoms with Crippen molar-refractivity contribution in [2.24, 2.45) is 0 Å². The minimum atomic E-state index is -0.292. The van der Waals surface area contributed by atoms with Gasteiger partial charge in [-0.3, -0.25) is 4.79 Å². The number of furan rings is 1. The molecule has 0 atom stereocenters. The van der Waals surface area contributed by atoms with Crippen LogP contribution in [-0.4, -0.2) is 19.1 Å². The number of carbonyl (C=O) groups excluding carboxylic acids is 1. The number of fused-ring (bicyclic) bond motifs is 1. The quantitative estimate of drug-likeness (QED) is 0.724. The molecular formula is C19H20N2O3. The Labute approximate surface area is 140 Å². The van der Waals surface area contributed by atoms with Crippen molar-refractivity contribution < 1.29 is 13.9 Å². The van der Waals surface area contributed by atoms with E-state index in [0.717, 1.165) is 11.1 Å². The third kappa shape index (κ3) is 3.20. The molecule has 124 valence electrons. The fourth-order valence-electron chi connectivity index (χ4n) is 2.50. The number of anilines is 2. The summed E-state index contributed by atoms with van der Waals surface area (Å²) in [5.74, 6) is 0.721. The van der Waals surface area contributed by atoms with Crippen LogP contribution in [0.5, 0.6) is 5.75 Å². The van der Waals surface area contributed by atoms with Gasteiger partial charge in [0.25, 0.3) is 5.91 Å². The first-order valence-electron chi connectivity index (χ1n) is 7.82. The Kier molecular flexibility index (Phi) is 4.42. The van der Waals surface area contributed by atoms with E-state index < -0.39 is 0 Å². The van der Waals surface area contributed by atoms with Gasteiger partial charge < -0.3 is 19.8 Å². The van der Waals surface area contributed by atoms with Crippen LogP contribution in [0.25, 0.3) is 11.0 Å². The molecule has 0 aliphatic heterocycles. The predicted octanol–water partition coefficient (Wildman–Crippen LogP) is 4.51. The van der Waals surface area contributed by atoms with Crippen LogP contribution in [0.2, 0.25) is 0 Å². The highest BCUT2D eigenvalue weighted by Gasteiger charge is 2.21. The monoisotopic (exact) mass is 324 g/mol. The first-order chi connectivity index (χ1) is 11.6. The molecule has 0 unspecified atom stereocenters. The minimum Gasteiger partial charge on any atom is -0.497 e. The molecule has 0 saturated carbocycles. The average Bonchev–Trinajstić information content (AvgIpc) is 2.94. The molecule has 5 heteroatoms. The van der Waals surface area contributed by atoms with Gasteiger partial charge in [-0.05, 0) is 50.2 Å². The van der Waals surface area contributed by atoms with Gasteiger partial charge in [0, 0.05) is 17.1 Å². The number of carbonyl (C=O) groups is 1. The Morgan fingerprint density at radius 1 is 1.08 bits per heavy atom. The fraction of sp³-hybridized carbons (Fsp3) is 0.211. The molecule has 1 aromatic heterocycles. The smallest absolute Gasteiger partial charge is 0.293 e. The van der Waals surface area contributed by atoms with Gasteiger partial charge in [0.2, 0.25) is 5.76 Å². The van der Waals surface area contributed by atoms with Gasteiger partial charge in [-0.1, -0.05) is 12.1 Å². The van der Waals surface area contributed by atoms with Crippen LogP contribution in [0.15, 0.2) is 52.9 Å². The molecule has 0 bridgehead atoms. The molecule has 0 aliphatic rings. The molecule has 1 amide bonds. The second-order valence-corrected chi connectivity index (χ2v) is 5.78. The number of para-hydroxylation sites is 1. The van der Waals surface area contributed by atoms with Gasteiger partial charge in [-0.25, -0.2) is 0 Å². The SMILES string of the molecule is COc1ccc(NC(=O)c2oc3ccccc3c2NC(C)C)cc1. The van der Waals surface area contributed by atoms with Gasteiger partial charge in [-0.2, -0.15) is 0 Å².